The number of carbonyl (C=O) groups excluding carboxylic acids is 2. The minimum absolute atomic E-state index is 0.132. The summed E-state index contributed by atoms with van der Waals surface area (Å²) in [6.45, 7) is 3.64. The van der Waals surface area contributed by atoms with Crippen LogP contribution in [0.5, 0.6) is 0 Å². The topological polar surface area (TPSA) is 81.2 Å². The van der Waals surface area contributed by atoms with Gasteiger partial charge in [-0.15, -0.1) is 0 Å². The van der Waals surface area contributed by atoms with Crippen molar-refractivity contribution in [1.29, 1.82) is 0 Å². The number of rotatable bonds is 6. The molecule has 2 amide bonds. The Morgan fingerprint density at radius 2 is 2.04 bits per heavy atom. The number of nitrogens with zero attached hydrogens (tertiary/aromatic N) is 3. The van der Waals surface area contributed by atoms with Crippen LogP contribution in [0.3, 0.4) is 0 Å². The summed E-state index contributed by atoms with van der Waals surface area (Å²) in [6, 6.07) is 8.33. The summed E-state index contributed by atoms with van der Waals surface area (Å²) in [5, 5.41) is 0. The van der Waals surface area contributed by atoms with Crippen LogP contribution in [0.4, 0.5) is 0 Å². The number of hydrogen-bond acceptors (Lipinski definition) is 3. The minimum Gasteiger partial charge on any atom is -0.368 e. The van der Waals surface area contributed by atoms with E-state index >= 15 is 0 Å². The molecule has 2 N–H and O–H groups in total. The van der Waals surface area contributed by atoms with Gasteiger partial charge in [0.05, 0.1) is 0 Å². The molecule has 3 rings (SSSR count). The molecule has 1 aromatic heterocycles. The second kappa shape index (κ2) is 8.17. The normalized spacial score (nSPS) is 17.3. The fraction of sp³-hybridized carbons (Fsp3) is 0.450. The van der Waals surface area contributed by atoms with Crippen LogP contribution in [0.2, 0.25) is 0 Å². The second-order valence-corrected chi connectivity index (χ2v) is 7.04. The Labute approximate surface area is 154 Å². The first kappa shape index (κ1) is 18.2. The molecule has 1 atom stereocenters. The molecule has 0 saturated carbocycles. The van der Waals surface area contributed by atoms with Crippen molar-refractivity contribution in [3.8, 4) is 0 Å². The molecule has 2 heterocycles. The highest BCUT2D eigenvalue weighted by Gasteiger charge is 2.27. The Morgan fingerprint density at radius 3 is 2.77 bits per heavy atom. The molecule has 1 aliphatic rings. The van der Waals surface area contributed by atoms with Gasteiger partial charge in [-0.1, -0.05) is 29.8 Å². The SMILES string of the molecule is Cc1ccc(CCC(=O)N2CCC[C@H](c3nccn3CC(N)=O)C2)cc1. The maximum absolute atomic E-state index is 12.6. The molecule has 1 aromatic carbocycles. The van der Waals surface area contributed by atoms with E-state index in [-0.39, 0.29) is 24.3 Å². The average molecular weight is 354 g/mol. The summed E-state index contributed by atoms with van der Waals surface area (Å²) in [5.41, 5.74) is 7.73. The smallest absolute Gasteiger partial charge is 0.237 e. The number of benzene rings is 1. The van der Waals surface area contributed by atoms with Gasteiger partial charge < -0.3 is 15.2 Å². The summed E-state index contributed by atoms with van der Waals surface area (Å²) in [7, 11) is 0. The van der Waals surface area contributed by atoms with Crippen molar-refractivity contribution in [3.05, 3.63) is 53.6 Å². The highest BCUT2D eigenvalue weighted by atomic mass is 16.2. The van der Waals surface area contributed by atoms with Crippen LogP contribution in [0, 0.1) is 6.92 Å². The minimum atomic E-state index is -0.383. The van der Waals surface area contributed by atoms with E-state index < -0.39 is 0 Å². The van der Waals surface area contributed by atoms with Gasteiger partial charge in [0, 0.05) is 37.8 Å². The Kier molecular flexibility index (Phi) is 5.71. The van der Waals surface area contributed by atoms with Crippen molar-refractivity contribution in [1.82, 2.24) is 14.5 Å². The van der Waals surface area contributed by atoms with E-state index in [4.69, 9.17) is 5.73 Å². The predicted octanol–water partition coefficient (Wildman–Crippen LogP) is 2.02. The molecule has 2 aromatic rings. The maximum atomic E-state index is 12.6. The summed E-state index contributed by atoms with van der Waals surface area (Å²) in [6.07, 6.45) is 6.67. The van der Waals surface area contributed by atoms with Crippen molar-refractivity contribution in [3.63, 3.8) is 0 Å². The Bertz CT molecular complexity index is 766. The van der Waals surface area contributed by atoms with Crippen LogP contribution < -0.4 is 5.73 Å². The molecule has 0 aliphatic carbocycles. The second-order valence-electron chi connectivity index (χ2n) is 7.04. The fourth-order valence-electron chi connectivity index (χ4n) is 3.56. The van der Waals surface area contributed by atoms with E-state index in [2.05, 4.69) is 36.2 Å². The number of amides is 2. The molecule has 0 radical (unpaired) electrons. The van der Waals surface area contributed by atoms with Gasteiger partial charge in [-0.3, -0.25) is 9.59 Å². The molecule has 0 bridgehead atoms. The van der Waals surface area contributed by atoms with Gasteiger partial charge in [0.15, 0.2) is 0 Å². The zero-order chi connectivity index (χ0) is 18.5. The van der Waals surface area contributed by atoms with Gasteiger partial charge in [0.2, 0.25) is 11.8 Å². The first-order chi connectivity index (χ1) is 12.5. The third-order valence-electron chi connectivity index (χ3n) is 4.96. The maximum Gasteiger partial charge on any atom is 0.237 e. The number of hydrogen-bond donors (Lipinski definition) is 1. The third-order valence-corrected chi connectivity index (χ3v) is 4.96. The molecule has 0 unspecified atom stereocenters. The highest BCUT2D eigenvalue weighted by Crippen LogP contribution is 2.26. The molecule has 1 saturated heterocycles. The van der Waals surface area contributed by atoms with E-state index in [1.54, 1.807) is 17.0 Å². The summed E-state index contributed by atoms with van der Waals surface area (Å²) in [5.74, 6) is 0.802. The molecule has 1 fully saturated rings. The largest absolute Gasteiger partial charge is 0.368 e. The zero-order valence-electron chi connectivity index (χ0n) is 15.2. The molecular formula is C20H26N4O2. The molecule has 1 aliphatic heterocycles. The number of carbonyl (C=O) groups is 2. The van der Waals surface area contributed by atoms with Gasteiger partial charge in [0.25, 0.3) is 0 Å². The number of aryl methyl sites for hydroxylation is 2. The number of nitrogens with two attached hydrogens (primary N) is 1. The van der Waals surface area contributed by atoms with E-state index in [9.17, 15) is 9.59 Å². The van der Waals surface area contributed by atoms with E-state index in [1.165, 1.54) is 11.1 Å². The molecule has 6 heteroatoms. The summed E-state index contributed by atoms with van der Waals surface area (Å²) >= 11 is 0. The van der Waals surface area contributed by atoms with Crippen molar-refractivity contribution in [2.45, 2.75) is 45.1 Å². The number of aromatic nitrogens is 2. The quantitative estimate of drug-likeness (QED) is 0.862. The molecule has 138 valence electrons. The number of primary amides is 1. The van der Waals surface area contributed by atoms with Gasteiger partial charge in [-0.25, -0.2) is 4.98 Å². The van der Waals surface area contributed by atoms with E-state index in [0.717, 1.165) is 31.6 Å². The zero-order valence-corrected chi connectivity index (χ0v) is 15.2. The van der Waals surface area contributed by atoms with Gasteiger partial charge in [0.1, 0.15) is 12.4 Å². The predicted molar refractivity (Wildman–Crippen MR) is 99.5 cm³/mol. The van der Waals surface area contributed by atoms with Crippen LogP contribution in [0.1, 0.15) is 42.1 Å². The van der Waals surface area contributed by atoms with Crippen molar-refractivity contribution < 1.29 is 9.59 Å². The summed E-state index contributed by atoms with van der Waals surface area (Å²) < 4.78 is 1.80. The van der Waals surface area contributed by atoms with Gasteiger partial charge >= 0.3 is 0 Å². The fourth-order valence-corrected chi connectivity index (χ4v) is 3.56. The van der Waals surface area contributed by atoms with Crippen LogP contribution in [-0.2, 0) is 22.6 Å². The molecule has 6 nitrogen and oxygen atoms in total. The van der Waals surface area contributed by atoms with E-state index in [1.807, 2.05) is 4.90 Å². The first-order valence-electron chi connectivity index (χ1n) is 9.15. The number of likely N-dealkylation sites (tertiary alicyclic amines) is 1. The lowest BCUT2D eigenvalue weighted by Gasteiger charge is -2.32. The highest BCUT2D eigenvalue weighted by molar-refractivity contribution is 5.76. The lowest BCUT2D eigenvalue weighted by molar-refractivity contribution is -0.132. The standard InChI is InChI=1S/C20H26N4O2/c1-15-4-6-16(7-5-15)8-9-19(26)23-11-2-3-17(13-23)20-22-10-12-24(20)14-18(21)25/h4-7,10,12,17H,2-3,8-9,11,13-14H2,1H3,(H2,21,25)/t17-/m0/s1. The average Bonchev–Trinajstić information content (AvgIpc) is 3.08. The lowest BCUT2D eigenvalue weighted by atomic mass is 9.96. The molecular weight excluding hydrogens is 328 g/mol. The van der Waals surface area contributed by atoms with Crippen molar-refractivity contribution in [2.75, 3.05) is 13.1 Å². The van der Waals surface area contributed by atoms with E-state index in [0.29, 0.717) is 13.0 Å². The van der Waals surface area contributed by atoms with Crippen molar-refractivity contribution >= 4 is 11.8 Å². The van der Waals surface area contributed by atoms with Crippen LogP contribution >= 0.6 is 0 Å². The van der Waals surface area contributed by atoms with Crippen molar-refractivity contribution in [2.24, 2.45) is 5.73 Å². The molecule has 26 heavy (non-hydrogen) atoms. The number of imidazole rings is 1. The lowest BCUT2D eigenvalue weighted by Crippen LogP contribution is -2.40. The van der Waals surface area contributed by atoms with Gasteiger partial charge in [-0.05, 0) is 31.7 Å². The molecule has 0 spiro atoms. The monoisotopic (exact) mass is 354 g/mol. The van der Waals surface area contributed by atoms with Crippen LogP contribution in [-0.4, -0.2) is 39.4 Å². The summed E-state index contributed by atoms with van der Waals surface area (Å²) in [4.78, 5) is 30.2. The van der Waals surface area contributed by atoms with Gasteiger partial charge in [-0.2, -0.15) is 0 Å². The van der Waals surface area contributed by atoms with Crippen LogP contribution in [0.25, 0.3) is 0 Å². The number of piperidine rings is 1. The Hall–Kier alpha value is -2.63. The van der Waals surface area contributed by atoms with Crippen LogP contribution in [0.15, 0.2) is 36.7 Å². The Morgan fingerprint density at radius 1 is 1.27 bits per heavy atom. The third kappa shape index (κ3) is 4.50. The Balaban J connectivity index is 1.59. The first-order valence-corrected chi connectivity index (χ1v) is 9.15.